The highest BCUT2D eigenvalue weighted by Crippen LogP contribution is 2.42. The first-order valence-electron chi connectivity index (χ1n) is 8.75. The Kier molecular flexibility index (Phi) is 5.38. The lowest BCUT2D eigenvalue weighted by Gasteiger charge is -2.08. The molecular formula is C16H19F3N6O3. The Morgan fingerprint density at radius 2 is 2.11 bits per heavy atom. The van der Waals surface area contributed by atoms with Crippen LogP contribution in [0.15, 0.2) is 12.3 Å². The minimum Gasteiger partial charge on any atom is -0.354 e. The average Bonchev–Trinajstić information content (AvgIpc) is 3.23. The number of carbonyl (C=O) groups excluding carboxylic acids is 1. The molecule has 2 heterocycles. The molecule has 1 amide bonds. The van der Waals surface area contributed by atoms with Gasteiger partial charge in [0.15, 0.2) is 5.69 Å². The van der Waals surface area contributed by atoms with Crippen molar-refractivity contribution in [1.29, 1.82) is 0 Å². The van der Waals surface area contributed by atoms with Gasteiger partial charge in [0.1, 0.15) is 18.4 Å². The van der Waals surface area contributed by atoms with Crippen molar-refractivity contribution in [3.63, 3.8) is 0 Å². The molecule has 1 aliphatic rings. The molecule has 0 spiro atoms. The molecule has 1 saturated carbocycles. The van der Waals surface area contributed by atoms with Gasteiger partial charge in [-0.2, -0.15) is 23.4 Å². The zero-order valence-corrected chi connectivity index (χ0v) is 15.1. The molecule has 3 rings (SSSR count). The van der Waals surface area contributed by atoms with E-state index in [9.17, 15) is 28.1 Å². The van der Waals surface area contributed by atoms with E-state index in [0.29, 0.717) is 12.1 Å². The Balaban J connectivity index is 1.49. The van der Waals surface area contributed by atoms with Crippen LogP contribution < -0.4 is 5.32 Å². The summed E-state index contributed by atoms with van der Waals surface area (Å²) >= 11 is 0. The second-order valence-electron chi connectivity index (χ2n) is 6.71. The molecule has 0 aromatic carbocycles. The van der Waals surface area contributed by atoms with E-state index in [4.69, 9.17) is 0 Å². The number of nitrogens with zero attached hydrogens (tertiary/aromatic N) is 5. The molecule has 12 heteroatoms. The molecule has 1 fully saturated rings. The first-order chi connectivity index (χ1) is 13.1. The third-order valence-electron chi connectivity index (χ3n) is 4.39. The average molecular weight is 400 g/mol. The van der Waals surface area contributed by atoms with Crippen LogP contribution in [0.1, 0.15) is 42.3 Å². The van der Waals surface area contributed by atoms with E-state index < -0.39 is 22.7 Å². The molecule has 0 radical (unpaired) electrons. The molecule has 28 heavy (non-hydrogen) atoms. The van der Waals surface area contributed by atoms with E-state index in [1.165, 1.54) is 22.5 Å². The zero-order chi connectivity index (χ0) is 20.5. The third kappa shape index (κ3) is 4.67. The van der Waals surface area contributed by atoms with Crippen molar-refractivity contribution in [2.75, 3.05) is 6.54 Å². The highest BCUT2D eigenvalue weighted by Gasteiger charge is 2.37. The van der Waals surface area contributed by atoms with E-state index in [0.717, 1.165) is 18.9 Å². The molecule has 0 bridgehead atoms. The molecule has 1 N–H and O–H groups in total. The van der Waals surface area contributed by atoms with Gasteiger partial charge in [0.2, 0.25) is 5.91 Å². The zero-order valence-electron chi connectivity index (χ0n) is 15.1. The monoisotopic (exact) mass is 400 g/mol. The SMILES string of the molecule is Cc1nn(CC(=O)NCCCn2nc(C(F)(F)F)cc2C2CC2)cc1[N+](=O)[O-]. The van der Waals surface area contributed by atoms with Crippen LogP contribution in [-0.2, 0) is 24.1 Å². The summed E-state index contributed by atoms with van der Waals surface area (Å²) in [4.78, 5) is 22.1. The van der Waals surface area contributed by atoms with E-state index in [1.54, 1.807) is 0 Å². The predicted octanol–water partition coefficient (Wildman–Crippen LogP) is 2.40. The van der Waals surface area contributed by atoms with Gasteiger partial charge in [0.25, 0.3) is 0 Å². The summed E-state index contributed by atoms with van der Waals surface area (Å²) in [5.74, 6) is -0.270. The standard InChI is InChI=1S/C16H19F3N6O3/c1-10-13(25(27)28)8-23(21-10)9-15(26)20-5-2-6-24-12(11-3-4-11)7-14(22-24)16(17,18)19/h7-8,11H,2-6,9H2,1H3,(H,20,26). The lowest BCUT2D eigenvalue weighted by Crippen LogP contribution is -2.29. The minimum absolute atomic E-state index is 0.122. The highest BCUT2D eigenvalue weighted by molar-refractivity contribution is 5.75. The summed E-state index contributed by atoms with van der Waals surface area (Å²) in [6.45, 7) is 1.80. The fourth-order valence-corrected chi connectivity index (χ4v) is 2.88. The summed E-state index contributed by atoms with van der Waals surface area (Å²) in [5.41, 5.74) is -0.267. The maximum atomic E-state index is 12.9. The van der Waals surface area contributed by atoms with Crippen LogP contribution in [0.4, 0.5) is 18.9 Å². The molecule has 152 valence electrons. The Hall–Kier alpha value is -2.92. The topological polar surface area (TPSA) is 108 Å². The molecular weight excluding hydrogens is 381 g/mol. The molecule has 0 aliphatic heterocycles. The summed E-state index contributed by atoms with van der Waals surface area (Å²) in [6, 6.07) is 1.10. The summed E-state index contributed by atoms with van der Waals surface area (Å²) < 4.78 is 41.1. The molecule has 9 nitrogen and oxygen atoms in total. The first-order valence-corrected chi connectivity index (χ1v) is 8.75. The number of hydrogen-bond donors (Lipinski definition) is 1. The van der Waals surface area contributed by atoms with Crippen LogP contribution in [0, 0.1) is 17.0 Å². The Morgan fingerprint density at radius 3 is 2.68 bits per heavy atom. The number of alkyl halides is 3. The van der Waals surface area contributed by atoms with Gasteiger partial charge < -0.3 is 5.32 Å². The van der Waals surface area contributed by atoms with Gasteiger partial charge in [0, 0.05) is 24.7 Å². The van der Waals surface area contributed by atoms with Crippen LogP contribution in [-0.4, -0.2) is 36.9 Å². The van der Waals surface area contributed by atoms with Crippen LogP contribution in [0.5, 0.6) is 0 Å². The second kappa shape index (κ2) is 7.60. The van der Waals surface area contributed by atoms with Crippen LogP contribution in [0.25, 0.3) is 0 Å². The number of aryl methyl sites for hydroxylation is 2. The van der Waals surface area contributed by atoms with E-state index in [-0.39, 0.29) is 36.9 Å². The second-order valence-corrected chi connectivity index (χ2v) is 6.71. The number of nitrogens with one attached hydrogen (secondary N) is 1. The van der Waals surface area contributed by atoms with Crippen molar-refractivity contribution in [2.24, 2.45) is 0 Å². The fourth-order valence-electron chi connectivity index (χ4n) is 2.88. The smallest absolute Gasteiger partial charge is 0.354 e. The number of amides is 1. The van der Waals surface area contributed by atoms with Gasteiger partial charge in [-0.3, -0.25) is 24.3 Å². The van der Waals surface area contributed by atoms with Gasteiger partial charge in [-0.05, 0) is 32.3 Å². The molecule has 1 aliphatic carbocycles. The van der Waals surface area contributed by atoms with Gasteiger partial charge in [0.05, 0.1) is 4.92 Å². The van der Waals surface area contributed by atoms with Crippen molar-refractivity contribution in [2.45, 2.75) is 51.4 Å². The molecule has 0 atom stereocenters. The van der Waals surface area contributed by atoms with Gasteiger partial charge in [-0.15, -0.1) is 0 Å². The fraction of sp³-hybridized carbons (Fsp3) is 0.562. The molecule has 2 aromatic heterocycles. The lowest BCUT2D eigenvalue weighted by molar-refractivity contribution is -0.385. The van der Waals surface area contributed by atoms with Crippen molar-refractivity contribution in [1.82, 2.24) is 24.9 Å². The van der Waals surface area contributed by atoms with Gasteiger partial charge >= 0.3 is 11.9 Å². The molecule has 2 aromatic rings. The minimum atomic E-state index is -4.48. The summed E-state index contributed by atoms with van der Waals surface area (Å²) in [6.07, 6.45) is -1.18. The maximum absolute atomic E-state index is 12.9. The number of carbonyl (C=O) groups is 1. The molecule has 0 saturated heterocycles. The van der Waals surface area contributed by atoms with Crippen molar-refractivity contribution < 1.29 is 22.9 Å². The number of nitro groups is 1. The molecule has 0 unspecified atom stereocenters. The number of hydrogen-bond acceptors (Lipinski definition) is 5. The number of rotatable bonds is 8. The van der Waals surface area contributed by atoms with Crippen molar-refractivity contribution >= 4 is 11.6 Å². The van der Waals surface area contributed by atoms with E-state index in [1.807, 2.05) is 0 Å². The Labute approximate surface area is 157 Å². The normalized spacial score (nSPS) is 14.3. The largest absolute Gasteiger partial charge is 0.435 e. The number of aromatic nitrogens is 4. The highest BCUT2D eigenvalue weighted by atomic mass is 19.4. The van der Waals surface area contributed by atoms with Crippen LogP contribution >= 0.6 is 0 Å². The lowest BCUT2D eigenvalue weighted by atomic mass is 10.2. The Bertz CT molecular complexity index is 885. The van der Waals surface area contributed by atoms with Crippen LogP contribution in [0.2, 0.25) is 0 Å². The predicted molar refractivity (Wildman–Crippen MR) is 90.4 cm³/mol. The first kappa shape index (κ1) is 19.8. The summed E-state index contributed by atoms with van der Waals surface area (Å²) in [7, 11) is 0. The van der Waals surface area contributed by atoms with Crippen LogP contribution in [0.3, 0.4) is 0 Å². The Morgan fingerprint density at radius 1 is 1.39 bits per heavy atom. The number of halogens is 3. The summed E-state index contributed by atoms with van der Waals surface area (Å²) in [5, 5.41) is 21.0. The maximum Gasteiger partial charge on any atom is 0.435 e. The van der Waals surface area contributed by atoms with E-state index >= 15 is 0 Å². The van der Waals surface area contributed by atoms with Gasteiger partial charge in [-0.25, -0.2) is 0 Å². The third-order valence-corrected chi connectivity index (χ3v) is 4.39. The van der Waals surface area contributed by atoms with Crippen molar-refractivity contribution in [3.8, 4) is 0 Å². The quantitative estimate of drug-likeness (QED) is 0.416. The van der Waals surface area contributed by atoms with Gasteiger partial charge in [-0.1, -0.05) is 0 Å². The van der Waals surface area contributed by atoms with E-state index in [2.05, 4.69) is 15.5 Å². The van der Waals surface area contributed by atoms with Crippen molar-refractivity contribution in [3.05, 3.63) is 39.5 Å².